The molecule has 0 fully saturated rings. The van der Waals surface area contributed by atoms with Crippen molar-refractivity contribution in [3.63, 3.8) is 0 Å². The molecule has 0 aromatic heterocycles. The highest BCUT2D eigenvalue weighted by atomic mass is 16.5. The minimum Gasteiger partial charge on any atom is -0.489 e. The fourth-order valence-electron chi connectivity index (χ4n) is 1.90. The van der Waals surface area contributed by atoms with Gasteiger partial charge in [-0.15, -0.1) is 6.58 Å². The number of amides is 1. The van der Waals surface area contributed by atoms with E-state index in [1.54, 1.807) is 6.08 Å². The van der Waals surface area contributed by atoms with Crippen molar-refractivity contribution in [2.75, 3.05) is 18.4 Å². The molecule has 2 aromatic carbocycles. The summed E-state index contributed by atoms with van der Waals surface area (Å²) in [6.07, 6.45) is 1.71. The summed E-state index contributed by atoms with van der Waals surface area (Å²) in [4.78, 5) is 11.7. The minimum atomic E-state index is -0.0953. The third kappa shape index (κ3) is 5.42. The summed E-state index contributed by atoms with van der Waals surface area (Å²) in [5, 5.41) is 5.78. The van der Waals surface area contributed by atoms with E-state index in [9.17, 15) is 4.79 Å². The minimum absolute atomic E-state index is 0.0953. The van der Waals surface area contributed by atoms with E-state index in [1.807, 2.05) is 54.6 Å². The average Bonchev–Trinajstić information content (AvgIpc) is 2.54. The fraction of sp³-hybridized carbons (Fsp3) is 0.167. The van der Waals surface area contributed by atoms with Gasteiger partial charge in [0.05, 0.1) is 6.54 Å². The second-order valence-electron chi connectivity index (χ2n) is 4.77. The standard InChI is InChI=1S/C18H20N2O2/c1-2-11-19-13-18(21)20-16-9-6-10-17(12-16)22-14-15-7-4-3-5-8-15/h2-10,12,19H,1,11,13-14H2,(H,20,21). The lowest BCUT2D eigenvalue weighted by Crippen LogP contribution is -2.28. The molecule has 0 bridgehead atoms. The van der Waals surface area contributed by atoms with E-state index in [0.717, 1.165) is 17.0 Å². The first-order chi connectivity index (χ1) is 10.8. The Morgan fingerprint density at radius 3 is 2.73 bits per heavy atom. The fourth-order valence-corrected chi connectivity index (χ4v) is 1.90. The summed E-state index contributed by atoms with van der Waals surface area (Å²) in [5.41, 5.74) is 1.82. The summed E-state index contributed by atoms with van der Waals surface area (Å²) in [7, 11) is 0. The number of carbonyl (C=O) groups excluding carboxylic acids is 1. The molecular formula is C18H20N2O2. The molecule has 0 saturated carbocycles. The highest BCUT2D eigenvalue weighted by molar-refractivity contribution is 5.92. The number of rotatable bonds is 8. The summed E-state index contributed by atoms with van der Waals surface area (Å²) < 4.78 is 5.73. The van der Waals surface area contributed by atoms with Crippen molar-refractivity contribution in [3.05, 3.63) is 72.8 Å². The molecule has 0 heterocycles. The van der Waals surface area contributed by atoms with Gasteiger partial charge >= 0.3 is 0 Å². The normalized spacial score (nSPS) is 10.0. The maximum absolute atomic E-state index is 11.7. The topological polar surface area (TPSA) is 50.4 Å². The molecule has 2 aromatic rings. The van der Waals surface area contributed by atoms with E-state index in [0.29, 0.717) is 13.2 Å². The smallest absolute Gasteiger partial charge is 0.238 e. The molecule has 0 saturated heterocycles. The van der Waals surface area contributed by atoms with Gasteiger partial charge in [0.15, 0.2) is 0 Å². The zero-order valence-electron chi connectivity index (χ0n) is 12.4. The Morgan fingerprint density at radius 1 is 1.14 bits per heavy atom. The van der Waals surface area contributed by atoms with Crippen LogP contribution in [0.25, 0.3) is 0 Å². The van der Waals surface area contributed by atoms with E-state index >= 15 is 0 Å². The molecule has 1 amide bonds. The summed E-state index contributed by atoms with van der Waals surface area (Å²) >= 11 is 0. The molecule has 2 N–H and O–H groups in total. The van der Waals surface area contributed by atoms with Crippen LogP contribution in [-0.2, 0) is 11.4 Å². The van der Waals surface area contributed by atoms with E-state index in [1.165, 1.54) is 0 Å². The van der Waals surface area contributed by atoms with Gasteiger partial charge in [-0.25, -0.2) is 0 Å². The summed E-state index contributed by atoms with van der Waals surface area (Å²) in [6.45, 7) is 4.94. The lowest BCUT2D eigenvalue weighted by atomic mass is 10.2. The molecule has 0 aliphatic carbocycles. The van der Waals surface area contributed by atoms with Gasteiger partial charge < -0.3 is 15.4 Å². The first-order valence-corrected chi connectivity index (χ1v) is 7.16. The van der Waals surface area contributed by atoms with Crippen LogP contribution in [0.15, 0.2) is 67.3 Å². The first kappa shape index (κ1) is 15.8. The van der Waals surface area contributed by atoms with E-state index in [2.05, 4.69) is 17.2 Å². The average molecular weight is 296 g/mol. The molecule has 0 radical (unpaired) electrons. The number of anilines is 1. The SMILES string of the molecule is C=CCNCC(=O)Nc1cccc(OCc2ccccc2)c1. The van der Waals surface area contributed by atoms with Gasteiger partial charge in [-0.3, -0.25) is 4.79 Å². The van der Waals surface area contributed by atoms with Gasteiger partial charge in [-0.05, 0) is 17.7 Å². The number of ether oxygens (including phenoxy) is 1. The second kappa shape index (κ2) is 8.64. The van der Waals surface area contributed by atoms with Crippen molar-refractivity contribution in [2.45, 2.75) is 6.61 Å². The van der Waals surface area contributed by atoms with E-state index in [-0.39, 0.29) is 12.5 Å². The van der Waals surface area contributed by atoms with Crippen LogP contribution in [0, 0.1) is 0 Å². The summed E-state index contributed by atoms with van der Waals surface area (Å²) in [6, 6.07) is 17.3. The van der Waals surface area contributed by atoms with Gasteiger partial charge in [0, 0.05) is 18.3 Å². The predicted molar refractivity (Wildman–Crippen MR) is 88.9 cm³/mol. The van der Waals surface area contributed by atoms with Crippen molar-refractivity contribution >= 4 is 11.6 Å². The number of carbonyl (C=O) groups is 1. The Balaban J connectivity index is 1.86. The molecule has 2 rings (SSSR count). The van der Waals surface area contributed by atoms with Crippen LogP contribution in [0.4, 0.5) is 5.69 Å². The molecule has 0 spiro atoms. The monoisotopic (exact) mass is 296 g/mol. The van der Waals surface area contributed by atoms with Crippen molar-refractivity contribution in [3.8, 4) is 5.75 Å². The third-order valence-corrected chi connectivity index (χ3v) is 2.94. The molecule has 0 aliphatic heterocycles. The molecule has 0 aliphatic rings. The van der Waals surface area contributed by atoms with Crippen LogP contribution in [0.1, 0.15) is 5.56 Å². The zero-order chi connectivity index (χ0) is 15.6. The molecule has 114 valence electrons. The molecule has 22 heavy (non-hydrogen) atoms. The van der Waals surface area contributed by atoms with Gasteiger partial charge in [0.1, 0.15) is 12.4 Å². The Morgan fingerprint density at radius 2 is 1.95 bits per heavy atom. The van der Waals surface area contributed by atoms with Crippen LogP contribution in [-0.4, -0.2) is 19.0 Å². The van der Waals surface area contributed by atoms with E-state index in [4.69, 9.17) is 4.74 Å². The lowest BCUT2D eigenvalue weighted by Gasteiger charge is -2.09. The maximum atomic E-state index is 11.7. The van der Waals surface area contributed by atoms with Crippen LogP contribution in [0.3, 0.4) is 0 Å². The third-order valence-electron chi connectivity index (χ3n) is 2.94. The first-order valence-electron chi connectivity index (χ1n) is 7.16. The highest BCUT2D eigenvalue weighted by Crippen LogP contribution is 2.18. The Bertz CT molecular complexity index is 611. The number of benzene rings is 2. The van der Waals surface area contributed by atoms with E-state index < -0.39 is 0 Å². The molecular weight excluding hydrogens is 276 g/mol. The molecule has 4 nitrogen and oxygen atoms in total. The second-order valence-corrected chi connectivity index (χ2v) is 4.77. The predicted octanol–water partition coefficient (Wildman–Crippen LogP) is 2.98. The van der Waals surface area contributed by atoms with Crippen molar-refractivity contribution < 1.29 is 9.53 Å². The van der Waals surface area contributed by atoms with Crippen LogP contribution >= 0.6 is 0 Å². The largest absolute Gasteiger partial charge is 0.489 e. The van der Waals surface area contributed by atoms with Crippen molar-refractivity contribution in [1.82, 2.24) is 5.32 Å². The van der Waals surface area contributed by atoms with Gasteiger partial charge in [-0.2, -0.15) is 0 Å². The number of hydrogen-bond donors (Lipinski definition) is 2. The molecule has 0 unspecified atom stereocenters. The molecule has 0 atom stereocenters. The van der Waals surface area contributed by atoms with Crippen LogP contribution < -0.4 is 15.4 Å². The number of hydrogen-bond acceptors (Lipinski definition) is 3. The van der Waals surface area contributed by atoms with Crippen molar-refractivity contribution in [2.24, 2.45) is 0 Å². The van der Waals surface area contributed by atoms with Crippen LogP contribution in [0.2, 0.25) is 0 Å². The highest BCUT2D eigenvalue weighted by Gasteiger charge is 2.03. The maximum Gasteiger partial charge on any atom is 0.238 e. The van der Waals surface area contributed by atoms with Gasteiger partial charge in [0.25, 0.3) is 0 Å². The summed E-state index contributed by atoms with van der Waals surface area (Å²) in [5.74, 6) is 0.628. The molecule has 4 heteroatoms. The van der Waals surface area contributed by atoms with Crippen LogP contribution in [0.5, 0.6) is 5.75 Å². The Hall–Kier alpha value is -2.59. The van der Waals surface area contributed by atoms with Crippen molar-refractivity contribution in [1.29, 1.82) is 0 Å². The lowest BCUT2D eigenvalue weighted by molar-refractivity contribution is -0.115. The zero-order valence-corrected chi connectivity index (χ0v) is 12.4. The Labute approximate surface area is 130 Å². The van der Waals surface area contributed by atoms with Gasteiger partial charge in [0.2, 0.25) is 5.91 Å². The quantitative estimate of drug-likeness (QED) is 0.581. The number of nitrogens with one attached hydrogen (secondary N) is 2. The Kier molecular flexibility index (Phi) is 6.20. The van der Waals surface area contributed by atoms with Gasteiger partial charge in [-0.1, -0.05) is 42.5 Å².